The molecular weight excluding hydrogens is 276 g/mol. The standard InChI is InChI=1S/C10H13BrN2OS/c11-9-8-12-3-2-10(9)13-4-1-6-15(14)7-5-13/h2-3,8H,1,4-7H2. The molecule has 82 valence electrons. The zero-order chi connectivity index (χ0) is 10.7. The average molecular weight is 289 g/mol. The summed E-state index contributed by atoms with van der Waals surface area (Å²) in [5, 5.41) is 0. The van der Waals surface area contributed by atoms with Crippen LogP contribution in [0.25, 0.3) is 0 Å². The molecule has 1 fully saturated rings. The lowest BCUT2D eigenvalue weighted by atomic mass is 10.3. The summed E-state index contributed by atoms with van der Waals surface area (Å²) in [6.07, 6.45) is 4.60. The summed E-state index contributed by atoms with van der Waals surface area (Å²) >= 11 is 3.49. The Morgan fingerprint density at radius 1 is 1.40 bits per heavy atom. The first kappa shape index (κ1) is 11.1. The Kier molecular flexibility index (Phi) is 3.75. The number of hydrogen-bond acceptors (Lipinski definition) is 3. The summed E-state index contributed by atoms with van der Waals surface area (Å²) in [5.74, 6) is 1.61. The summed E-state index contributed by atoms with van der Waals surface area (Å²) < 4.78 is 12.4. The van der Waals surface area contributed by atoms with Crippen molar-refractivity contribution in [3.05, 3.63) is 22.9 Å². The van der Waals surface area contributed by atoms with Gasteiger partial charge in [0.2, 0.25) is 0 Å². The van der Waals surface area contributed by atoms with Crippen molar-refractivity contribution >= 4 is 32.4 Å². The van der Waals surface area contributed by atoms with E-state index < -0.39 is 10.8 Å². The van der Waals surface area contributed by atoms with E-state index in [-0.39, 0.29) is 0 Å². The first-order valence-corrected chi connectivity index (χ1v) is 7.25. The van der Waals surface area contributed by atoms with Crippen molar-refractivity contribution in [2.75, 3.05) is 29.5 Å². The Labute approximate surface area is 100 Å². The smallest absolute Gasteiger partial charge is 0.0592 e. The normalized spacial score (nSPS) is 22.5. The number of pyridine rings is 1. The fourth-order valence-corrected chi connectivity index (χ4v) is 3.29. The van der Waals surface area contributed by atoms with Gasteiger partial charge in [0.25, 0.3) is 0 Å². The van der Waals surface area contributed by atoms with Gasteiger partial charge in [-0.1, -0.05) is 0 Å². The molecule has 3 nitrogen and oxygen atoms in total. The average Bonchev–Trinajstić information content (AvgIpc) is 2.44. The van der Waals surface area contributed by atoms with Crippen LogP contribution in [0.2, 0.25) is 0 Å². The summed E-state index contributed by atoms with van der Waals surface area (Å²) in [5.41, 5.74) is 1.16. The Hall–Kier alpha value is -0.420. The monoisotopic (exact) mass is 288 g/mol. The molecule has 0 saturated carbocycles. The Bertz CT molecular complexity index is 372. The first-order valence-electron chi connectivity index (χ1n) is 4.97. The molecule has 1 atom stereocenters. The molecule has 5 heteroatoms. The molecule has 0 amide bonds. The highest BCUT2D eigenvalue weighted by Crippen LogP contribution is 2.25. The van der Waals surface area contributed by atoms with Crippen molar-refractivity contribution in [1.29, 1.82) is 0 Å². The molecule has 1 aromatic heterocycles. The van der Waals surface area contributed by atoms with Crippen LogP contribution in [0.1, 0.15) is 6.42 Å². The van der Waals surface area contributed by atoms with Crippen molar-refractivity contribution in [2.24, 2.45) is 0 Å². The van der Waals surface area contributed by atoms with Gasteiger partial charge >= 0.3 is 0 Å². The zero-order valence-corrected chi connectivity index (χ0v) is 10.8. The molecular formula is C10H13BrN2OS. The Morgan fingerprint density at radius 3 is 3.07 bits per heavy atom. The third-order valence-electron chi connectivity index (χ3n) is 2.48. The van der Waals surface area contributed by atoms with Crippen LogP contribution in [0, 0.1) is 0 Å². The van der Waals surface area contributed by atoms with Gasteiger partial charge in [-0.25, -0.2) is 0 Å². The minimum Gasteiger partial charge on any atom is -0.370 e. The maximum atomic E-state index is 11.4. The van der Waals surface area contributed by atoms with Gasteiger partial charge in [-0.05, 0) is 28.4 Å². The molecule has 0 aliphatic carbocycles. The molecule has 1 unspecified atom stereocenters. The highest BCUT2D eigenvalue weighted by Gasteiger charge is 2.15. The SMILES string of the molecule is O=S1CCCN(c2ccncc2Br)CC1. The van der Waals surface area contributed by atoms with Gasteiger partial charge in [-0.2, -0.15) is 0 Å². The predicted octanol–water partition coefficient (Wildman–Crippen LogP) is 1.80. The van der Waals surface area contributed by atoms with E-state index in [0.717, 1.165) is 41.2 Å². The maximum absolute atomic E-state index is 11.4. The highest BCUT2D eigenvalue weighted by atomic mass is 79.9. The van der Waals surface area contributed by atoms with E-state index in [1.807, 2.05) is 6.07 Å². The molecule has 0 bridgehead atoms. The maximum Gasteiger partial charge on any atom is 0.0592 e. The number of nitrogens with zero attached hydrogens (tertiary/aromatic N) is 2. The third-order valence-corrected chi connectivity index (χ3v) is 4.47. The third kappa shape index (κ3) is 2.78. The summed E-state index contributed by atoms with van der Waals surface area (Å²) in [7, 11) is -0.631. The molecule has 0 aromatic carbocycles. The largest absolute Gasteiger partial charge is 0.370 e. The highest BCUT2D eigenvalue weighted by molar-refractivity contribution is 9.10. The van der Waals surface area contributed by atoms with Crippen LogP contribution in [-0.4, -0.2) is 33.8 Å². The molecule has 0 spiro atoms. The summed E-state index contributed by atoms with van der Waals surface area (Å²) in [6, 6.07) is 2.00. The van der Waals surface area contributed by atoms with E-state index in [4.69, 9.17) is 0 Å². The molecule has 1 saturated heterocycles. The van der Waals surface area contributed by atoms with E-state index in [9.17, 15) is 4.21 Å². The fourth-order valence-electron chi connectivity index (χ4n) is 1.71. The van der Waals surface area contributed by atoms with Crippen LogP contribution in [0.4, 0.5) is 5.69 Å². The second-order valence-corrected chi connectivity index (χ2v) is 6.07. The summed E-state index contributed by atoms with van der Waals surface area (Å²) in [6.45, 7) is 1.85. The number of anilines is 1. The van der Waals surface area contributed by atoms with Crippen molar-refractivity contribution in [1.82, 2.24) is 4.98 Å². The zero-order valence-electron chi connectivity index (χ0n) is 8.36. The van der Waals surface area contributed by atoms with E-state index in [2.05, 4.69) is 25.8 Å². The van der Waals surface area contributed by atoms with E-state index in [0.29, 0.717) is 0 Å². The van der Waals surface area contributed by atoms with Gasteiger partial charge in [0.15, 0.2) is 0 Å². The second kappa shape index (κ2) is 5.07. The van der Waals surface area contributed by atoms with Crippen LogP contribution < -0.4 is 4.90 Å². The lowest BCUT2D eigenvalue weighted by molar-refractivity contribution is 0.683. The second-order valence-electron chi connectivity index (χ2n) is 3.52. The van der Waals surface area contributed by atoms with E-state index in [1.54, 1.807) is 12.4 Å². The fraction of sp³-hybridized carbons (Fsp3) is 0.500. The van der Waals surface area contributed by atoms with Crippen molar-refractivity contribution in [3.63, 3.8) is 0 Å². The van der Waals surface area contributed by atoms with E-state index in [1.165, 1.54) is 0 Å². The molecule has 1 aromatic rings. The Balaban J connectivity index is 2.16. The molecule has 2 heterocycles. The first-order chi connectivity index (χ1) is 7.27. The van der Waals surface area contributed by atoms with Gasteiger partial charge < -0.3 is 4.90 Å². The molecule has 1 aliphatic rings. The van der Waals surface area contributed by atoms with Crippen LogP contribution in [0.5, 0.6) is 0 Å². The number of halogens is 1. The van der Waals surface area contributed by atoms with Gasteiger partial charge in [0.05, 0.1) is 10.2 Å². The minimum absolute atomic E-state index is 0.631. The number of aromatic nitrogens is 1. The minimum atomic E-state index is -0.631. The van der Waals surface area contributed by atoms with Crippen LogP contribution in [-0.2, 0) is 10.8 Å². The lowest BCUT2D eigenvalue weighted by Gasteiger charge is -2.22. The van der Waals surface area contributed by atoms with Crippen molar-refractivity contribution < 1.29 is 4.21 Å². The van der Waals surface area contributed by atoms with Crippen molar-refractivity contribution in [2.45, 2.75) is 6.42 Å². The lowest BCUT2D eigenvalue weighted by Crippen LogP contribution is -2.26. The molecule has 0 radical (unpaired) electrons. The van der Waals surface area contributed by atoms with Crippen molar-refractivity contribution in [3.8, 4) is 0 Å². The Morgan fingerprint density at radius 2 is 2.27 bits per heavy atom. The molecule has 2 rings (SSSR count). The number of rotatable bonds is 1. The molecule has 1 aliphatic heterocycles. The number of hydrogen-bond donors (Lipinski definition) is 0. The molecule has 0 N–H and O–H groups in total. The predicted molar refractivity (Wildman–Crippen MR) is 66.6 cm³/mol. The van der Waals surface area contributed by atoms with E-state index >= 15 is 0 Å². The van der Waals surface area contributed by atoms with Crippen LogP contribution in [0.3, 0.4) is 0 Å². The van der Waals surface area contributed by atoms with Crippen LogP contribution >= 0.6 is 15.9 Å². The molecule has 15 heavy (non-hydrogen) atoms. The van der Waals surface area contributed by atoms with Gasteiger partial charge in [0.1, 0.15) is 0 Å². The quantitative estimate of drug-likeness (QED) is 0.790. The van der Waals surface area contributed by atoms with Gasteiger partial charge in [-0.15, -0.1) is 0 Å². The van der Waals surface area contributed by atoms with Crippen LogP contribution in [0.15, 0.2) is 22.9 Å². The van der Waals surface area contributed by atoms with Gasteiger partial charge in [-0.3, -0.25) is 9.19 Å². The van der Waals surface area contributed by atoms with Gasteiger partial charge in [0, 0.05) is 47.8 Å². The summed E-state index contributed by atoms with van der Waals surface area (Å²) in [4.78, 5) is 6.32. The topological polar surface area (TPSA) is 33.2 Å².